The summed E-state index contributed by atoms with van der Waals surface area (Å²) in [7, 11) is 3.09. The lowest BCUT2D eigenvalue weighted by Gasteiger charge is -2.38. The van der Waals surface area contributed by atoms with Gasteiger partial charge in [-0.05, 0) is 62.2 Å². The number of ether oxygens (including phenoxy) is 3. The number of anilines is 2. The molecule has 3 N–H and O–H groups in total. The van der Waals surface area contributed by atoms with E-state index in [9.17, 15) is 14.9 Å². The van der Waals surface area contributed by atoms with Crippen molar-refractivity contribution in [1.29, 1.82) is 5.26 Å². The molecule has 0 saturated carbocycles. The fraction of sp³-hybridized carbons (Fsp3) is 0.300. The molecule has 1 amide bonds. The predicted molar refractivity (Wildman–Crippen MR) is 164 cm³/mol. The van der Waals surface area contributed by atoms with Crippen LogP contribution in [0.15, 0.2) is 69.5 Å². The van der Waals surface area contributed by atoms with Gasteiger partial charge in [0.15, 0.2) is 10.1 Å². The molecule has 1 unspecified atom stereocenters. The summed E-state index contributed by atoms with van der Waals surface area (Å²) in [5.41, 5.74) is 9.34. The maximum absolute atomic E-state index is 13.5. The number of allylic oxidation sites excluding steroid dienone is 3. The van der Waals surface area contributed by atoms with Gasteiger partial charge in [-0.15, -0.1) is 10.2 Å². The van der Waals surface area contributed by atoms with Gasteiger partial charge in [-0.2, -0.15) is 5.26 Å². The van der Waals surface area contributed by atoms with Crippen LogP contribution in [0.5, 0.6) is 17.2 Å². The first-order valence-corrected chi connectivity index (χ1v) is 15.4. The van der Waals surface area contributed by atoms with E-state index in [1.54, 1.807) is 54.5 Å². The van der Waals surface area contributed by atoms with Gasteiger partial charge >= 0.3 is 0 Å². The Kier molecular flexibility index (Phi) is 9.18. The van der Waals surface area contributed by atoms with Crippen LogP contribution in [0.2, 0.25) is 0 Å². The Labute approximate surface area is 257 Å². The number of carbonyl (C=O) groups is 2. The lowest BCUT2D eigenvalue weighted by molar-refractivity contribution is -0.116. The zero-order chi connectivity index (χ0) is 30.5. The number of methoxy groups -OCH3 is 2. The van der Waals surface area contributed by atoms with Crippen LogP contribution in [0.25, 0.3) is 0 Å². The molecule has 5 rings (SSSR count). The van der Waals surface area contributed by atoms with E-state index in [1.807, 2.05) is 6.92 Å². The Morgan fingerprint density at radius 3 is 2.63 bits per heavy atom. The van der Waals surface area contributed by atoms with Crippen LogP contribution >= 0.6 is 23.1 Å². The number of thioether (sulfide) groups is 1. The second-order valence-electron chi connectivity index (χ2n) is 9.57. The summed E-state index contributed by atoms with van der Waals surface area (Å²) in [4.78, 5) is 27.7. The highest BCUT2D eigenvalue weighted by atomic mass is 32.2. The third kappa shape index (κ3) is 6.16. The number of amides is 1. The van der Waals surface area contributed by atoms with Crippen molar-refractivity contribution >= 4 is 45.6 Å². The molecule has 0 bridgehead atoms. The van der Waals surface area contributed by atoms with Crippen LogP contribution < -0.4 is 30.2 Å². The van der Waals surface area contributed by atoms with E-state index in [1.165, 1.54) is 30.2 Å². The monoisotopic (exact) mass is 618 g/mol. The number of hydrogen-bond donors (Lipinski definition) is 2. The molecule has 2 aromatic carbocycles. The number of aromatic nitrogens is 2. The van der Waals surface area contributed by atoms with Crippen molar-refractivity contribution in [2.75, 3.05) is 36.8 Å². The standard InChI is InChI=1S/C30H30N6O5S2/c1-4-41-18-10-8-17(9-11-18)33-25(38)16-42-30-35-34-29(43-30)36-22-6-5-7-23(37)27(22)26(21(15-31)28(36)32)20-14-19(39-2)12-13-24(20)40-3/h8-14,26H,4-7,16,32H2,1-3H3,(H,33,38). The molecule has 13 heteroatoms. The van der Waals surface area contributed by atoms with Crippen molar-refractivity contribution in [3.63, 3.8) is 0 Å². The summed E-state index contributed by atoms with van der Waals surface area (Å²) in [5.74, 6) is 1.11. The van der Waals surface area contributed by atoms with E-state index < -0.39 is 5.92 Å². The van der Waals surface area contributed by atoms with E-state index in [4.69, 9.17) is 19.9 Å². The number of hydrogen-bond acceptors (Lipinski definition) is 12. The molecular weight excluding hydrogens is 589 g/mol. The first-order chi connectivity index (χ1) is 20.9. The van der Waals surface area contributed by atoms with Crippen LogP contribution in [0.1, 0.15) is 37.7 Å². The largest absolute Gasteiger partial charge is 0.497 e. The van der Waals surface area contributed by atoms with Gasteiger partial charge in [-0.1, -0.05) is 23.1 Å². The highest BCUT2D eigenvalue weighted by molar-refractivity contribution is 8.01. The summed E-state index contributed by atoms with van der Waals surface area (Å²) in [6, 6.07) is 14.7. The van der Waals surface area contributed by atoms with Crippen LogP contribution in [0.3, 0.4) is 0 Å². The number of nitrogens with one attached hydrogen (secondary N) is 1. The van der Waals surface area contributed by atoms with Crippen molar-refractivity contribution in [3.05, 3.63) is 70.7 Å². The molecule has 0 radical (unpaired) electrons. The minimum absolute atomic E-state index is 0.0635. The van der Waals surface area contributed by atoms with E-state index in [0.29, 0.717) is 69.4 Å². The number of carbonyl (C=O) groups excluding carboxylic acids is 2. The number of Topliss-reactive ketones (excluding diaryl/α,β-unsaturated/α-hetero) is 1. The Morgan fingerprint density at radius 2 is 1.93 bits per heavy atom. The molecule has 0 fully saturated rings. The SMILES string of the molecule is CCOc1ccc(NC(=O)CSc2nnc(N3C(N)=C(C#N)C(c4cc(OC)ccc4OC)C4=C3CCCC4=O)s2)cc1. The maximum atomic E-state index is 13.5. The number of nitrogens with two attached hydrogens (primary N) is 1. The third-order valence-corrected chi connectivity index (χ3v) is 9.07. The van der Waals surface area contributed by atoms with Crippen molar-refractivity contribution in [2.24, 2.45) is 5.73 Å². The molecule has 1 aliphatic heterocycles. The van der Waals surface area contributed by atoms with E-state index in [2.05, 4.69) is 21.6 Å². The number of benzene rings is 2. The van der Waals surface area contributed by atoms with Gasteiger partial charge in [0.1, 0.15) is 23.1 Å². The summed E-state index contributed by atoms with van der Waals surface area (Å²) >= 11 is 2.47. The first kappa shape index (κ1) is 29.9. The third-order valence-electron chi connectivity index (χ3n) is 7.02. The molecule has 0 saturated heterocycles. The van der Waals surface area contributed by atoms with Gasteiger partial charge in [0.05, 0.1) is 44.1 Å². The molecule has 2 aliphatic rings. The first-order valence-electron chi connectivity index (χ1n) is 13.6. The quantitative estimate of drug-likeness (QED) is 0.296. The van der Waals surface area contributed by atoms with Gasteiger partial charge in [0.25, 0.3) is 0 Å². The average Bonchev–Trinajstić information content (AvgIpc) is 3.48. The van der Waals surface area contributed by atoms with Crippen molar-refractivity contribution in [2.45, 2.75) is 36.4 Å². The molecule has 11 nitrogen and oxygen atoms in total. The summed E-state index contributed by atoms with van der Waals surface area (Å²) in [6.45, 7) is 2.47. The molecule has 2 heterocycles. The Bertz CT molecular complexity index is 1640. The van der Waals surface area contributed by atoms with Gasteiger partial charge in [0.2, 0.25) is 11.0 Å². The lowest BCUT2D eigenvalue weighted by Crippen LogP contribution is -2.38. The zero-order valence-corrected chi connectivity index (χ0v) is 25.5. The summed E-state index contributed by atoms with van der Waals surface area (Å²) < 4.78 is 17.0. The number of nitrogens with zero attached hydrogens (tertiary/aromatic N) is 4. The van der Waals surface area contributed by atoms with Crippen molar-refractivity contribution in [1.82, 2.24) is 10.2 Å². The van der Waals surface area contributed by atoms with E-state index in [0.717, 1.165) is 5.75 Å². The second kappa shape index (κ2) is 13.2. The van der Waals surface area contributed by atoms with Gasteiger partial charge in [-0.25, -0.2) is 0 Å². The molecule has 1 atom stereocenters. The van der Waals surface area contributed by atoms with Crippen molar-refractivity contribution < 1.29 is 23.8 Å². The molecule has 43 heavy (non-hydrogen) atoms. The molecule has 1 aromatic heterocycles. The summed E-state index contributed by atoms with van der Waals surface area (Å²) in [6.07, 6.45) is 1.56. The van der Waals surface area contributed by atoms with Crippen molar-refractivity contribution in [3.8, 4) is 23.3 Å². The molecular formula is C30H30N6O5S2. The van der Waals surface area contributed by atoms with Crippen LogP contribution in [0, 0.1) is 11.3 Å². The van der Waals surface area contributed by atoms with Gasteiger partial charge in [0, 0.05) is 28.9 Å². The second-order valence-corrected chi connectivity index (χ2v) is 11.7. The minimum atomic E-state index is -0.720. The Hall–Kier alpha value is -4.54. The fourth-order valence-electron chi connectivity index (χ4n) is 5.16. The predicted octanol–water partition coefficient (Wildman–Crippen LogP) is 4.99. The highest BCUT2D eigenvalue weighted by Crippen LogP contribution is 2.49. The van der Waals surface area contributed by atoms with Crippen LogP contribution in [-0.2, 0) is 9.59 Å². The molecule has 0 spiro atoms. The van der Waals surface area contributed by atoms with E-state index >= 15 is 0 Å². The molecule has 222 valence electrons. The highest BCUT2D eigenvalue weighted by Gasteiger charge is 2.42. The van der Waals surface area contributed by atoms with Gasteiger partial charge < -0.3 is 25.3 Å². The number of nitriles is 1. The lowest BCUT2D eigenvalue weighted by atomic mass is 9.75. The fourth-order valence-corrected chi connectivity index (χ4v) is 6.84. The average molecular weight is 619 g/mol. The topological polar surface area (TPSA) is 153 Å². The molecule has 3 aromatic rings. The number of ketones is 1. The normalized spacial score (nSPS) is 16.5. The smallest absolute Gasteiger partial charge is 0.234 e. The Balaban J connectivity index is 1.41. The van der Waals surface area contributed by atoms with E-state index in [-0.39, 0.29) is 28.8 Å². The zero-order valence-electron chi connectivity index (χ0n) is 23.9. The summed E-state index contributed by atoms with van der Waals surface area (Å²) in [5, 5.41) is 22.2. The minimum Gasteiger partial charge on any atom is -0.497 e. The Morgan fingerprint density at radius 1 is 1.16 bits per heavy atom. The van der Waals surface area contributed by atoms with Crippen LogP contribution in [-0.4, -0.2) is 48.5 Å². The molecule has 1 aliphatic carbocycles. The van der Waals surface area contributed by atoms with Crippen LogP contribution in [0.4, 0.5) is 10.8 Å². The van der Waals surface area contributed by atoms with Gasteiger partial charge in [-0.3, -0.25) is 14.5 Å². The maximum Gasteiger partial charge on any atom is 0.234 e. The number of rotatable bonds is 10.